The minimum Gasteiger partial charge on any atom is -0.376 e. The van der Waals surface area contributed by atoms with Crippen LogP contribution >= 0.6 is 0 Å². The molecule has 0 fully saturated rings. The van der Waals surface area contributed by atoms with Crippen LogP contribution in [0.4, 0.5) is 17.1 Å². The molecule has 0 aromatic heterocycles. The number of nitrogens with one attached hydrogen (secondary N) is 3. The lowest BCUT2D eigenvalue weighted by Gasteiger charge is -2.14. The lowest BCUT2D eigenvalue weighted by atomic mass is 10.1. The molecule has 7 heteroatoms. The molecule has 3 amide bonds. The first kappa shape index (κ1) is 21.9. The van der Waals surface area contributed by atoms with Crippen LogP contribution in [-0.4, -0.2) is 43.3 Å². The highest BCUT2D eigenvalue weighted by atomic mass is 16.2. The Morgan fingerprint density at radius 2 is 1.62 bits per heavy atom. The summed E-state index contributed by atoms with van der Waals surface area (Å²) in [6, 6.07) is 12.3. The monoisotopic (exact) mass is 396 g/mol. The van der Waals surface area contributed by atoms with Gasteiger partial charge >= 0.3 is 0 Å². The quantitative estimate of drug-likeness (QED) is 0.637. The van der Waals surface area contributed by atoms with Gasteiger partial charge < -0.3 is 20.9 Å². The lowest BCUT2D eigenvalue weighted by molar-refractivity contribution is -0.116. The molecule has 0 saturated carbocycles. The third-order valence-electron chi connectivity index (χ3n) is 4.32. The van der Waals surface area contributed by atoms with Crippen molar-refractivity contribution < 1.29 is 14.4 Å². The van der Waals surface area contributed by atoms with Crippen LogP contribution in [0.3, 0.4) is 0 Å². The number of hydrogen-bond donors (Lipinski definition) is 3. The fraction of sp³-hybridized carbons (Fsp3) is 0.318. The minimum absolute atomic E-state index is 0.0300. The number of anilines is 3. The number of nitrogens with zero attached hydrogens (tertiary/aromatic N) is 1. The van der Waals surface area contributed by atoms with Gasteiger partial charge in [-0.3, -0.25) is 14.4 Å². The van der Waals surface area contributed by atoms with Gasteiger partial charge in [-0.1, -0.05) is 19.1 Å². The molecule has 154 valence electrons. The normalized spacial score (nSPS) is 10.2. The second-order valence-electron chi connectivity index (χ2n) is 6.96. The molecule has 29 heavy (non-hydrogen) atoms. The van der Waals surface area contributed by atoms with Gasteiger partial charge in [0.25, 0.3) is 5.91 Å². The second-order valence-corrected chi connectivity index (χ2v) is 6.96. The second kappa shape index (κ2) is 10.3. The van der Waals surface area contributed by atoms with Gasteiger partial charge in [0.05, 0.1) is 6.54 Å². The SMILES string of the molecule is CCCC(=O)Nc1cccc(NCC(=O)Nc2cccc(C(=O)N(C)C)c2)c1C. The van der Waals surface area contributed by atoms with E-state index < -0.39 is 0 Å². The fourth-order valence-corrected chi connectivity index (χ4v) is 2.77. The van der Waals surface area contributed by atoms with Gasteiger partial charge in [0.15, 0.2) is 0 Å². The maximum atomic E-state index is 12.3. The average molecular weight is 396 g/mol. The summed E-state index contributed by atoms with van der Waals surface area (Å²) in [5.74, 6) is -0.395. The van der Waals surface area contributed by atoms with Gasteiger partial charge in [0, 0.05) is 43.1 Å². The third-order valence-corrected chi connectivity index (χ3v) is 4.32. The number of carbonyl (C=O) groups is 3. The largest absolute Gasteiger partial charge is 0.376 e. The maximum Gasteiger partial charge on any atom is 0.253 e. The highest BCUT2D eigenvalue weighted by Gasteiger charge is 2.11. The Morgan fingerprint density at radius 3 is 2.31 bits per heavy atom. The van der Waals surface area contributed by atoms with Crippen molar-refractivity contribution in [2.24, 2.45) is 0 Å². The van der Waals surface area contributed by atoms with Crippen LogP contribution in [0.25, 0.3) is 0 Å². The van der Waals surface area contributed by atoms with E-state index in [0.29, 0.717) is 17.7 Å². The van der Waals surface area contributed by atoms with Crippen molar-refractivity contribution in [2.45, 2.75) is 26.7 Å². The molecular weight excluding hydrogens is 368 g/mol. The molecule has 3 N–H and O–H groups in total. The van der Waals surface area contributed by atoms with Gasteiger partial charge in [-0.15, -0.1) is 0 Å². The number of rotatable bonds is 8. The van der Waals surface area contributed by atoms with Crippen molar-refractivity contribution in [2.75, 3.05) is 36.6 Å². The first-order valence-corrected chi connectivity index (χ1v) is 9.56. The van der Waals surface area contributed by atoms with Gasteiger partial charge in [0.1, 0.15) is 0 Å². The first-order valence-electron chi connectivity index (χ1n) is 9.56. The van der Waals surface area contributed by atoms with Crippen LogP contribution in [0, 0.1) is 6.92 Å². The van der Waals surface area contributed by atoms with Crippen LogP contribution in [0.15, 0.2) is 42.5 Å². The standard InChI is InChI=1S/C22H28N4O3/c1-5-8-20(27)25-19-12-7-11-18(15(19)2)23-14-21(28)24-17-10-6-9-16(13-17)22(29)26(3)4/h6-7,9-13,23H,5,8,14H2,1-4H3,(H,24,28)(H,25,27). The summed E-state index contributed by atoms with van der Waals surface area (Å²) in [7, 11) is 3.36. The molecule has 7 nitrogen and oxygen atoms in total. The van der Waals surface area contributed by atoms with Crippen molar-refractivity contribution >= 4 is 34.8 Å². The first-order chi connectivity index (χ1) is 13.8. The fourth-order valence-electron chi connectivity index (χ4n) is 2.77. The number of benzene rings is 2. The average Bonchev–Trinajstić information content (AvgIpc) is 2.68. The summed E-state index contributed by atoms with van der Waals surface area (Å²) in [5.41, 5.74) is 3.42. The summed E-state index contributed by atoms with van der Waals surface area (Å²) >= 11 is 0. The smallest absolute Gasteiger partial charge is 0.253 e. The van der Waals surface area contributed by atoms with E-state index in [2.05, 4.69) is 16.0 Å². The Balaban J connectivity index is 1.98. The molecule has 0 aliphatic heterocycles. The Kier molecular flexibility index (Phi) is 7.77. The zero-order valence-corrected chi connectivity index (χ0v) is 17.3. The van der Waals surface area contributed by atoms with Gasteiger partial charge in [0.2, 0.25) is 11.8 Å². The summed E-state index contributed by atoms with van der Waals surface area (Å²) in [6.45, 7) is 3.90. The molecule has 0 aliphatic rings. The highest BCUT2D eigenvalue weighted by Crippen LogP contribution is 2.23. The third kappa shape index (κ3) is 6.34. The topological polar surface area (TPSA) is 90.5 Å². The van der Waals surface area contributed by atoms with Gasteiger partial charge in [-0.05, 0) is 49.2 Å². The van der Waals surface area contributed by atoms with Gasteiger partial charge in [-0.25, -0.2) is 0 Å². The van der Waals surface area contributed by atoms with Crippen molar-refractivity contribution in [3.63, 3.8) is 0 Å². The van der Waals surface area contributed by atoms with E-state index >= 15 is 0 Å². The molecular formula is C22H28N4O3. The molecule has 0 spiro atoms. The molecule has 2 aromatic rings. The Morgan fingerprint density at radius 1 is 0.931 bits per heavy atom. The molecule has 2 aromatic carbocycles. The molecule has 0 bridgehead atoms. The van der Waals surface area contributed by atoms with E-state index in [4.69, 9.17) is 0 Å². The molecule has 0 aliphatic carbocycles. The van der Waals surface area contributed by atoms with Crippen LogP contribution in [0.1, 0.15) is 35.7 Å². The predicted molar refractivity (Wildman–Crippen MR) is 116 cm³/mol. The molecule has 0 saturated heterocycles. The Bertz CT molecular complexity index is 893. The maximum absolute atomic E-state index is 12.3. The zero-order valence-electron chi connectivity index (χ0n) is 17.3. The molecule has 2 rings (SSSR count). The molecule has 0 atom stereocenters. The van der Waals surface area contributed by atoms with Crippen LogP contribution in [-0.2, 0) is 9.59 Å². The Labute approximate surface area is 171 Å². The summed E-state index contributed by atoms with van der Waals surface area (Å²) < 4.78 is 0. The van der Waals surface area contributed by atoms with Crippen molar-refractivity contribution in [3.8, 4) is 0 Å². The Hall–Kier alpha value is -3.35. The van der Waals surface area contributed by atoms with Crippen LogP contribution in [0.2, 0.25) is 0 Å². The van der Waals surface area contributed by atoms with Crippen molar-refractivity contribution in [1.29, 1.82) is 0 Å². The molecule has 0 radical (unpaired) electrons. The summed E-state index contributed by atoms with van der Waals surface area (Å²) in [4.78, 5) is 37.7. The van der Waals surface area contributed by atoms with E-state index in [1.807, 2.05) is 32.0 Å². The number of hydrogen-bond acceptors (Lipinski definition) is 4. The van der Waals surface area contributed by atoms with Crippen LogP contribution in [0.5, 0.6) is 0 Å². The molecule has 0 unspecified atom stereocenters. The van der Waals surface area contributed by atoms with E-state index in [1.54, 1.807) is 38.4 Å². The van der Waals surface area contributed by atoms with E-state index in [1.165, 1.54) is 4.90 Å². The highest BCUT2D eigenvalue weighted by molar-refractivity contribution is 5.98. The predicted octanol–water partition coefficient (Wildman–Crippen LogP) is 3.49. The number of amides is 3. The van der Waals surface area contributed by atoms with E-state index in [0.717, 1.165) is 23.4 Å². The van der Waals surface area contributed by atoms with E-state index in [-0.39, 0.29) is 24.3 Å². The van der Waals surface area contributed by atoms with Gasteiger partial charge in [-0.2, -0.15) is 0 Å². The summed E-state index contributed by atoms with van der Waals surface area (Å²) in [6.07, 6.45) is 1.25. The lowest BCUT2D eigenvalue weighted by Crippen LogP contribution is -2.23. The zero-order chi connectivity index (χ0) is 21.4. The van der Waals surface area contributed by atoms with E-state index in [9.17, 15) is 14.4 Å². The van der Waals surface area contributed by atoms with Crippen molar-refractivity contribution in [1.82, 2.24) is 4.90 Å². The van der Waals surface area contributed by atoms with Crippen LogP contribution < -0.4 is 16.0 Å². The summed E-state index contributed by atoms with van der Waals surface area (Å²) in [5, 5.41) is 8.77. The number of carbonyl (C=O) groups excluding carboxylic acids is 3. The van der Waals surface area contributed by atoms with Crippen molar-refractivity contribution in [3.05, 3.63) is 53.6 Å². The minimum atomic E-state index is -0.237. The molecule has 0 heterocycles.